The summed E-state index contributed by atoms with van der Waals surface area (Å²) in [5, 5.41) is 0. The summed E-state index contributed by atoms with van der Waals surface area (Å²) in [6.45, 7) is 0.743. The highest BCUT2D eigenvalue weighted by Crippen LogP contribution is 2.22. The highest BCUT2D eigenvalue weighted by atomic mass is 19.4. The first-order valence-corrected chi connectivity index (χ1v) is 4.61. The largest absolute Gasteiger partial charge is 0.450 e. The quantitative estimate of drug-likeness (QED) is 0.682. The molecule has 0 aromatic carbocycles. The zero-order valence-corrected chi connectivity index (χ0v) is 7.97. The van der Waals surface area contributed by atoms with E-state index in [1.165, 1.54) is 0 Å². The fourth-order valence-corrected chi connectivity index (χ4v) is 1.42. The van der Waals surface area contributed by atoms with Crippen LogP contribution in [0.25, 0.3) is 0 Å². The third-order valence-corrected chi connectivity index (χ3v) is 2.33. The second-order valence-corrected chi connectivity index (χ2v) is 3.45. The molecule has 0 bridgehead atoms. The third kappa shape index (κ3) is 3.62. The maximum atomic E-state index is 11.9. The Balaban J connectivity index is 2.44. The van der Waals surface area contributed by atoms with Crippen LogP contribution in [0.2, 0.25) is 0 Å². The van der Waals surface area contributed by atoms with Gasteiger partial charge in [0.15, 0.2) is 0 Å². The van der Waals surface area contributed by atoms with Crippen molar-refractivity contribution in [3.05, 3.63) is 0 Å². The van der Waals surface area contributed by atoms with Gasteiger partial charge in [-0.25, -0.2) is 0 Å². The van der Waals surface area contributed by atoms with Crippen molar-refractivity contribution in [3.8, 4) is 0 Å². The molecule has 1 heterocycles. The lowest BCUT2D eigenvalue weighted by molar-refractivity contribution is -0.172. The van der Waals surface area contributed by atoms with Crippen molar-refractivity contribution in [2.24, 2.45) is 5.92 Å². The van der Waals surface area contributed by atoms with Crippen molar-refractivity contribution >= 4 is 11.6 Å². The molecule has 0 saturated carbocycles. The standard InChI is InChI=1S/C9H11F3O3/c10-9(11,12)8(14)5-7(13)6-1-3-15-4-2-6/h6H,1-5H2. The first-order valence-electron chi connectivity index (χ1n) is 4.61. The zero-order chi connectivity index (χ0) is 11.5. The number of rotatable bonds is 3. The second kappa shape index (κ2) is 4.74. The lowest BCUT2D eigenvalue weighted by atomic mass is 9.92. The van der Waals surface area contributed by atoms with Crippen LogP contribution in [0, 0.1) is 5.92 Å². The predicted octanol–water partition coefficient (Wildman–Crippen LogP) is 1.50. The van der Waals surface area contributed by atoms with Gasteiger partial charge in [0.25, 0.3) is 0 Å². The predicted molar refractivity (Wildman–Crippen MR) is 44.2 cm³/mol. The van der Waals surface area contributed by atoms with E-state index < -0.39 is 30.1 Å². The Labute approximate surface area is 84.6 Å². The molecule has 0 atom stereocenters. The lowest BCUT2D eigenvalue weighted by Crippen LogP contribution is -2.30. The monoisotopic (exact) mass is 224 g/mol. The summed E-state index contributed by atoms with van der Waals surface area (Å²) in [6, 6.07) is 0. The fraction of sp³-hybridized carbons (Fsp3) is 0.778. The van der Waals surface area contributed by atoms with Crippen molar-refractivity contribution in [1.82, 2.24) is 0 Å². The number of alkyl halides is 3. The molecule has 0 spiro atoms. The third-order valence-electron chi connectivity index (χ3n) is 2.33. The van der Waals surface area contributed by atoms with Crippen LogP contribution in [-0.2, 0) is 14.3 Å². The van der Waals surface area contributed by atoms with Crippen molar-refractivity contribution < 1.29 is 27.5 Å². The molecule has 0 aromatic heterocycles. The van der Waals surface area contributed by atoms with Gasteiger partial charge in [-0.15, -0.1) is 0 Å². The van der Waals surface area contributed by atoms with Gasteiger partial charge >= 0.3 is 6.18 Å². The second-order valence-electron chi connectivity index (χ2n) is 3.45. The molecule has 1 saturated heterocycles. The summed E-state index contributed by atoms with van der Waals surface area (Å²) in [7, 11) is 0. The van der Waals surface area contributed by atoms with Crippen LogP contribution in [0.15, 0.2) is 0 Å². The molecule has 0 radical (unpaired) electrons. The number of ketones is 2. The van der Waals surface area contributed by atoms with Gasteiger partial charge in [0.05, 0.1) is 6.42 Å². The van der Waals surface area contributed by atoms with E-state index in [1.807, 2.05) is 0 Å². The number of Topliss-reactive ketones (excluding diaryl/α,β-unsaturated/α-hetero) is 2. The number of ether oxygens (including phenoxy) is 1. The van der Waals surface area contributed by atoms with Crippen molar-refractivity contribution in [2.75, 3.05) is 13.2 Å². The number of carbonyl (C=O) groups excluding carboxylic acids is 2. The van der Waals surface area contributed by atoms with Gasteiger partial charge in [-0.1, -0.05) is 0 Å². The molecule has 1 aliphatic rings. The van der Waals surface area contributed by atoms with E-state index in [4.69, 9.17) is 4.74 Å². The van der Waals surface area contributed by atoms with Crippen LogP contribution in [-0.4, -0.2) is 31.0 Å². The number of hydrogen-bond donors (Lipinski definition) is 0. The lowest BCUT2D eigenvalue weighted by Gasteiger charge is -2.20. The van der Waals surface area contributed by atoms with Crippen molar-refractivity contribution in [2.45, 2.75) is 25.4 Å². The Hall–Kier alpha value is -0.910. The first kappa shape index (κ1) is 12.2. The van der Waals surface area contributed by atoms with Gasteiger partial charge in [0, 0.05) is 19.1 Å². The molecular weight excluding hydrogens is 213 g/mol. The van der Waals surface area contributed by atoms with Crippen molar-refractivity contribution in [3.63, 3.8) is 0 Å². The maximum Gasteiger partial charge on any atom is 0.450 e. The molecule has 1 fully saturated rings. The minimum atomic E-state index is -4.90. The Morgan fingerprint density at radius 1 is 1.20 bits per heavy atom. The van der Waals surface area contributed by atoms with E-state index >= 15 is 0 Å². The van der Waals surface area contributed by atoms with Gasteiger partial charge in [-0.2, -0.15) is 13.2 Å². The van der Waals surface area contributed by atoms with Gasteiger partial charge in [0.1, 0.15) is 5.78 Å². The van der Waals surface area contributed by atoms with Gasteiger partial charge in [-0.3, -0.25) is 9.59 Å². The van der Waals surface area contributed by atoms with Crippen molar-refractivity contribution in [1.29, 1.82) is 0 Å². The SMILES string of the molecule is O=C(CC(=O)C(F)(F)F)C1CCOCC1. The minimum Gasteiger partial charge on any atom is -0.381 e. The Morgan fingerprint density at radius 3 is 2.20 bits per heavy atom. The molecule has 0 unspecified atom stereocenters. The van der Waals surface area contributed by atoms with Crippen LogP contribution in [0.5, 0.6) is 0 Å². The average Bonchev–Trinajstić information content (AvgIpc) is 2.17. The van der Waals surface area contributed by atoms with E-state index in [-0.39, 0.29) is 0 Å². The summed E-state index contributed by atoms with van der Waals surface area (Å²) in [6.07, 6.45) is -5.12. The van der Waals surface area contributed by atoms with Crippen LogP contribution in [0.1, 0.15) is 19.3 Å². The number of halogens is 3. The van der Waals surface area contributed by atoms with E-state index in [1.54, 1.807) is 0 Å². The Bertz CT molecular complexity index is 254. The van der Waals surface area contributed by atoms with E-state index in [0.717, 1.165) is 0 Å². The smallest absolute Gasteiger partial charge is 0.381 e. The zero-order valence-electron chi connectivity index (χ0n) is 7.97. The summed E-state index contributed by atoms with van der Waals surface area (Å²) in [5.41, 5.74) is 0. The molecule has 0 aliphatic carbocycles. The molecule has 6 heteroatoms. The van der Waals surface area contributed by atoms with Gasteiger partial charge in [0.2, 0.25) is 5.78 Å². The molecule has 3 nitrogen and oxygen atoms in total. The molecule has 0 N–H and O–H groups in total. The molecule has 1 aliphatic heterocycles. The van der Waals surface area contributed by atoms with Gasteiger partial charge < -0.3 is 4.74 Å². The molecule has 15 heavy (non-hydrogen) atoms. The maximum absolute atomic E-state index is 11.9. The average molecular weight is 224 g/mol. The summed E-state index contributed by atoms with van der Waals surface area (Å²) < 4.78 is 40.5. The summed E-state index contributed by atoms with van der Waals surface area (Å²) in [5.74, 6) is -3.04. The van der Waals surface area contributed by atoms with Crippen LogP contribution in [0.4, 0.5) is 13.2 Å². The summed E-state index contributed by atoms with van der Waals surface area (Å²) >= 11 is 0. The highest BCUT2D eigenvalue weighted by molar-refractivity contribution is 6.02. The van der Waals surface area contributed by atoms with Crippen LogP contribution >= 0.6 is 0 Å². The molecule has 0 aromatic rings. The van der Waals surface area contributed by atoms with Gasteiger partial charge in [-0.05, 0) is 12.8 Å². The molecule has 1 rings (SSSR count). The molecule has 86 valence electrons. The van der Waals surface area contributed by atoms with E-state index in [2.05, 4.69) is 0 Å². The Morgan fingerprint density at radius 2 is 1.73 bits per heavy atom. The van der Waals surface area contributed by atoms with Crippen LogP contribution in [0.3, 0.4) is 0 Å². The Kier molecular flexibility index (Phi) is 3.84. The first-order chi connectivity index (χ1) is 6.91. The number of carbonyl (C=O) groups is 2. The van der Waals surface area contributed by atoms with E-state index in [0.29, 0.717) is 26.1 Å². The van der Waals surface area contributed by atoms with E-state index in [9.17, 15) is 22.8 Å². The number of hydrogen-bond acceptors (Lipinski definition) is 3. The minimum absolute atomic E-state index is 0.372. The molecule has 0 amide bonds. The highest BCUT2D eigenvalue weighted by Gasteiger charge is 2.40. The molecular formula is C9H11F3O3. The van der Waals surface area contributed by atoms with Crippen LogP contribution < -0.4 is 0 Å². The fourth-order valence-electron chi connectivity index (χ4n) is 1.42. The summed E-state index contributed by atoms with van der Waals surface area (Å²) in [4.78, 5) is 21.8. The normalized spacial score (nSPS) is 18.9. The topological polar surface area (TPSA) is 43.4 Å².